The molecule has 1 aliphatic rings. The summed E-state index contributed by atoms with van der Waals surface area (Å²) in [4.78, 5) is 11.0. The van der Waals surface area contributed by atoms with E-state index in [0.29, 0.717) is 24.0 Å². The average Bonchev–Trinajstić information content (AvgIpc) is 2.90. The Morgan fingerprint density at radius 2 is 2.30 bits per heavy atom. The van der Waals surface area contributed by atoms with Gasteiger partial charge in [0.2, 0.25) is 5.82 Å². The van der Waals surface area contributed by atoms with E-state index in [-0.39, 0.29) is 22.6 Å². The highest BCUT2D eigenvalue weighted by molar-refractivity contribution is 5.60. The summed E-state index contributed by atoms with van der Waals surface area (Å²) in [5.41, 5.74) is 0.616. The van der Waals surface area contributed by atoms with E-state index in [9.17, 15) is 10.1 Å². The molecule has 112 valence electrons. The maximum atomic E-state index is 11.3. The summed E-state index contributed by atoms with van der Waals surface area (Å²) in [6.45, 7) is 7.28. The van der Waals surface area contributed by atoms with Crippen molar-refractivity contribution in [3.63, 3.8) is 0 Å². The van der Waals surface area contributed by atoms with Crippen LogP contribution in [0.1, 0.15) is 38.8 Å². The summed E-state index contributed by atoms with van der Waals surface area (Å²) in [6.07, 6.45) is 1.18. The maximum Gasteiger partial charge on any atom is 0.334 e. The normalized spacial score (nSPS) is 22.4. The van der Waals surface area contributed by atoms with Gasteiger partial charge >= 0.3 is 5.69 Å². The van der Waals surface area contributed by atoms with Crippen molar-refractivity contribution in [3.05, 3.63) is 15.8 Å². The number of nitro groups is 1. The summed E-state index contributed by atoms with van der Waals surface area (Å²) in [5, 5.41) is 18.8. The second-order valence-electron chi connectivity index (χ2n) is 5.62. The van der Waals surface area contributed by atoms with Crippen molar-refractivity contribution in [3.8, 4) is 0 Å². The van der Waals surface area contributed by atoms with Crippen molar-refractivity contribution in [1.82, 2.24) is 9.78 Å². The molecule has 0 spiro atoms. The molecule has 1 aliphatic heterocycles. The molecular weight excluding hydrogens is 260 g/mol. The van der Waals surface area contributed by atoms with E-state index in [4.69, 9.17) is 4.74 Å². The number of nitrogens with zero attached hydrogens (tertiary/aromatic N) is 3. The molecule has 7 nitrogen and oxygen atoms in total. The highest BCUT2D eigenvalue weighted by atomic mass is 16.6. The van der Waals surface area contributed by atoms with Crippen LogP contribution >= 0.6 is 0 Å². The Bertz CT molecular complexity index is 498. The molecule has 1 aromatic rings. The van der Waals surface area contributed by atoms with Crippen molar-refractivity contribution < 1.29 is 9.66 Å². The molecule has 2 rings (SSSR count). The third-order valence-corrected chi connectivity index (χ3v) is 3.84. The second kappa shape index (κ2) is 5.78. The Labute approximate surface area is 118 Å². The van der Waals surface area contributed by atoms with Crippen LogP contribution in [0.3, 0.4) is 0 Å². The van der Waals surface area contributed by atoms with Crippen LogP contribution in [0.15, 0.2) is 0 Å². The zero-order chi connectivity index (χ0) is 14.9. The third kappa shape index (κ3) is 2.77. The van der Waals surface area contributed by atoms with E-state index in [1.165, 1.54) is 0 Å². The van der Waals surface area contributed by atoms with Crippen molar-refractivity contribution in [1.29, 1.82) is 0 Å². The molecule has 0 aliphatic carbocycles. The largest absolute Gasteiger partial charge is 0.378 e. The zero-order valence-corrected chi connectivity index (χ0v) is 12.4. The molecule has 2 unspecified atom stereocenters. The van der Waals surface area contributed by atoms with Gasteiger partial charge in [-0.25, -0.2) is 4.68 Å². The lowest BCUT2D eigenvalue weighted by Crippen LogP contribution is -2.22. The highest BCUT2D eigenvalue weighted by Crippen LogP contribution is 2.33. The lowest BCUT2D eigenvalue weighted by atomic mass is 10.0. The first-order valence-corrected chi connectivity index (χ1v) is 6.98. The minimum absolute atomic E-state index is 0.0193. The maximum absolute atomic E-state index is 11.3. The van der Waals surface area contributed by atoms with Gasteiger partial charge in [-0.3, -0.25) is 10.1 Å². The molecule has 7 heteroatoms. The molecule has 1 fully saturated rings. The quantitative estimate of drug-likeness (QED) is 0.662. The molecule has 1 aromatic heterocycles. The van der Waals surface area contributed by atoms with Crippen LogP contribution in [0, 0.1) is 16.0 Å². The first-order valence-electron chi connectivity index (χ1n) is 6.98. The van der Waals surface area contributed by atoms with Crippen molar-refractivity contribution in [2.75, 3.05) is 18.5 Å². The fourth-order valence-electron chi connectivity index (χ4n) is 2.57. The number of hydrogen-bond acceptors (Lipinski definition) is 5. The van der Waals surface area contributed by atoms with Crippen molar-refractivity contribution in [2.24, 2.45) is 13.0 Å². The van der Waals surface area contributed by atoms with Crippen LogP contribution in [-0.4, -0.2) is 34.0 Å². The molecular formula is C13H22N4O3. The van der Waals surface area contributed by atoms with E-state index >= 15 is 0 Å². The highest BCUT2D eigenvalue weighted by Gasteiger charge is 2.30. The number of hydrogen-bond donors (Lipinski definition) is 1. The van der Waals surface area contributed by atoms with Crippen LogP contribution < -0.4 is 5.32 Å². The third-order valence-electron chi connectivity index (χ3n) is 3.84. The average molecular weight is 282 g/mol. The molecule has 0 aromatic carbocycles. The number of nitrogens with one attached hydrogen (secondary N) is 1. The number of aryl methyl sites for hydroxylation is 1. The van der Waals surface area contributed by atoms with Gasteiger partial charge in [-0.15, -0.1) is 0 Å². The van der Waals surface area contributed by atoms with Gasteiger partial charge in [-0.05, 0) is 13.3 Å². The predicted octanol–water partition coefficient (Wildman–Crippen LogP) is 2.29. The Morgan fingerprint density at radius 3 is 2.80 bits per heavy atom. The monoisotopic (exact) mass is 282 g/mol. The van der Waals surface area contributed by atoms with Crippen LogP contribution in [0.5, 0.6) is 0 Å². The molecule has 1 N–H and O–H groups in total. The van der Waals surface area contributed by atoms with Crippen LogP contribution in [-0.2, 0) is 11.8 Å². The molecule has 2 atom stereocenters. The molecule has 0 saturated carbocycles. The van der Waals surface area contributed by atoms with E-state index < -0.39 is 0 Å². The van der Waals surface area contributed by atoms with Gasteiger partial charge in [0, 0.05) is 32.0 Å². The SMILES string of the molecule is CC(C)c1nn(C)c(NCC2CCOC2C)c1[N+](=O)[O-]. The van der Waals surface area contributed by atoms with Crippen LogP contribution in [0.25, 0.3) is 0 Å². The second-order valence-corrected chi connectivity index (χ2v) is 5.62. The van der Waals surface area contributed by atoms with Gasteiger partial charge < -0.3 is 10.1 Å². The summed E-state index contributed by atoms with van der Waals surface area (Å²) in [6, 6.07) is 0. The molecule has 20 heavy (non-hydrogen) atoms. The van der Waals surface area contributed by atoms with Crippen LogP contribution in [0.4, 0.5) is 11.5 Å². The standard InChI is InChI=1S/C13H22N4O3/c1-8(2)11-12(17(18)19)13(16(4)15-11)14-7-10-5-6-20-9(10)3/h8-10,14H,5-7H2,1-4H3. The molecule has 1 saturated heterocycles. The summed E-state index contributed by atoms with van der Waals surface area (Å²) in [7, 11) is 1.73. The minimum atomic E-state index is -0.348. The summed E-state index contributed by atoms with van der Waals surface area (Å²) in [5.74, 6) is 0.885. The first-order chi connectivity index (χ1) is 9.41. The van der Waals surface area contributed by atoms with Gasteiger partial charge in [0.05, 0.1) is 11.0 Å². The van der Waals surface area contributed by atoms with Gasteiger partial charge in [-0.2, -0.15) is 5.10 Å². The van der Waals surface area contributed by atoms with Crippen molar-refractivity contribution in [2.45, 2.75) is 39.2 Å². The summed E-state index contributed by atoms with van der Waals surface area (Å²) < 4.78 is 7.07. The van der Waals surface area contributed by atoms with Gasteiger partial charge in [-0.1, -0.05) is 13.8 Å². The Morgan fingerprint density at radius 1 is 1.60 bits per heavy atom. The summed E-state index contributed by atoms with van der Waals surface area (Å²) >= 11 is 0. The smallest absolute Gasteiger partial charge is 0.334 e. The number of aromatic nitrogens is 2. The van der Waals surface area contributed by atoms with Crippen molar-refractivity contribution >= 4 is 11.5 Å². The molecule has 0 amide bonds. The Hall–Kier alpha value is -1.63. The molecule has 0 radical (unpaired) electrons. The number of rotatable bonds is 5. The first kappa shape index (κ1) is 14.8. The zero-order valence-electron chi connectivity index (χ0n) is 12.4. The lowest BCUT2D eigenvalue weighted by molar-refractivity contribution is -0.384. The van der Waals surface area contributed by atoms with Gasteiger partial charge in [0.15, 0.2) is 0 Å². The van der Waals surface area contributed by atoms with Crippen LogP contribution in [0.2, 0.25) is 0 Å². The Balaban J connectivity index is 2.20. The van der Waals surface area contributed by atoms with E-state index in [1.54, 1.807) is 11.7 Å². The number of anilines is 1. The van der Waals surface area contributed by atoms with E-state index in [0.717, 1.165) is 13.0 Å². The topological polar surface area (TPSA) is 82.2 Å². The van der Waals surface area contributed by atoms with Gasteiger partial charge in [0.1, 0.15) is 5.69 Å². The van der Waals surface area contributed by atoms with E-state index in [2.05, 4.69) is 10.4 Å². The lowest BCUT2D eigenvalue weighted by Gasteiger charge is -2.15. The minimum Gasteiger partial charge on any atom is -0.378 e. The fraction of sp³-hybridized carbons (Fsp3) is 0.769. The van der Waals surface area contributed by atoms with E-state index in [1.807, 2.05) is 20.8 Å². The predicted molar refractivity (Wildman–Crippen MR) is 76.0 cm³/mol. The molecule has 0 bridgehead atoms. The fourth-order valence-corrected chi connectivity index (χ4v) is 2.57. The van der Waals surface area contributed by atoms with Gasteiger partial charge in [0.25, 0.3) is 0 Å². The molecule has 2 heterocycles. The number of ether oxygens (including phenoxy) is 1. The Kier molecular flexibility index (Phi) is 4.27.